The van der Waals surface area contributed by atoms with Crippen LogP contribution in [0.1, 0.15) is 6.42 Å². The van der Waals surface area contributed by atoms with E-state index in [-0.39, 0.29) is 6.42 Å². The van der Waals surface area contributed by atoms with Crippen LogP contribution in [0.4, 0.5) is 0 Å². The summed E-state index contributed by atoms with van der Waals surface area (Å²) in [7, 11) is 5.43. The second-order valence-electron chi connectivity index (χ2n) is 4.09. The van der Waals surface area contributed by atoms with Gasteiger partial charge < -0.3 is 9.59 Å². The highest BCUT2D eigenvalue weighted by Crippen LogP contribution is 2.05. The second kappa shape index (κ2) is 5.47. The quantitative estimate of drug-likeness (QED) is 0.275. The summed E-state index contributed by atoms with van der Waals surface area (Å²) in [6, 6.07) is 0. The number of nitrogens with zero attached hydrogens (tertiary/aromatic N) is 2. The minimum Gasteiger partial charge on any atom is -0.481 e. The lowest BCUT2D eigenvalue weighted by atomic mass is 10.2. The number of quaternary nitrogens is 1. The largest absolute Gasteiger partial charge is 0.481 e. The van der Waals surface area contributed by atoms with Crippen LogP contribution < -0.4 is 0 Å². The fourth-order valence-corrected chi connectivity index (χ4v) is 1.03. The molecular weight excluding hydrogens is 208 g/mol. The van der Waals surface area contributed by atoms with Gasteiger partial charge >= 0.3 is 11.1 Å². The molecule has 8 nitrogen and oxygen atoms in total. The summed E-state index contributed by atoms with van der Waals surface area (Å²) in [6.45, 7) is 0.292. The van der Waals surface area contributed by atoms with Crippen LogP contribution in [0, 0.1) is 10.1 Å². The maximum atomic E-state index is 10.4. The molecule has 0 radical (unpaired) electrons. The Labute approximate surface area is 86.6 Å². The summed E-state index contributed by atoms with van der Waals surface area (Å²) >= 11 is 0. The third kappa shape index (κ3) is 8.91. The Kier molecular flexibility index (Phi) is 4.95. The number of rotatable bonds is 7. The van der Waals surface area contributed by atoms with Gasteiger partial charge in [-0.05, 0) is 0 Å². The van der Waals surface area contributed by atoms with E-state index < -0.39 is 17.2 Å². The molecule has 0 aromatic carbocycles. The third-order valence-electron chi connectivity index (χ3n) is 1.39. The van der Waals surface area contributed by atoms with Crippen molar-refractivity contribution in [1.82, 2.24) is 0 Å². The van der Waals surface area contributed by atoms with Crippen molar-refractivity contribution in [2.75, 3.05) is 27.7 Å². The molecule has 15 heavy (non-hydrogen) atoms. The Morgan fingerprint density at radius 1 is 1.53 bits per heavy atom. The topological polar surface area (TPSA) is 98.9 Å². The first kappa shape index (κ1) is 13.6. The molecule has 8 heteroatoms. The first-order valence-corrected chi connectivity index (χ1v) is 4.21. The zero-order chi connectivity index (χ0) is 12.1. The van der Waals surface area contributed by atoms with Gasteiger partial charge in [-0.25, -0.2) is 0 Å². The van der Waals surface area contributed by atoms with Crippen LogP contribution in [0.25, 0.3) is 0 Å². The molecule has 1 atom stereocenters. The van der Waals surface area contributed by atoms with Crippen molar-refractivity contribution in [2.45, 2.75) is 12.5 Å². The van der Waals surface area contributed by atoms with E-state index in [0.29, 0.717) is 11.0 Å². The molecule has 0 bridgehead atoms. The van der Waals surface area contributed by atoms with Gasteiger partial charge in [-0.3, -0.25) is 4.79 Å². The summed E-state index contributed by atoms with van der Waals surface area (Å²) < 4.78 is 0.416. The molecule has 1 N–H and O–H groups in total. The predicted molar refractivity (Wildman–Crippen MR) is 48.1 cm³/mol. The van der Waals surface area contributed by atoms with Gasteiger partial charge in [0.25, 0.3) is 0 Å². The maximum Gasteiger partial charge on any atom is 0.322 e. The molecule has 0 aliphatic heterocycles. The van der Waals surface area contributed by atoms with E-state index in [0.717, 1.165) is 0 Å². The van der Waals surface area contributed by atoms with Crippen molar-refractivity contribution in [2.24, 2.45) is 0 Å². The van der Waals surface area contributed by atoms with E-state index in [4.69, 9.17) is 5.11 Å². The molecule has 0 spiro atoms. The molecule has 0 aliphatic rings. The van der Waals surface area contributed by atoms with Crippen LogP contribution >= 0.6 is 0 Å². The zero-order valence-corrected chi connectivity index (χ0v) is 8.87. The zero-order valence-electron chi connectivity index (χ0n) is 8.87. The molecule has 0 aliphatic carbocycles. The van der Waals surface area contributed by atoms with E-state index in [1.807, 2.05) is 21.1 Å². The Morgan fingerprint density at radius 2 is 2.07 bits per heavy atom. The first-order valence-electron chi connectivity index (χ1n) is 4.21. The minimum absolute atomic E-state index is 0.292. The summed E-state index contributed by atoms with van der Waals surface area (Å²) in [5.74, 6) is -1.10. The van der Waals surface area contributed by atoms with Gasteiger partial charge in [0.1, 0.15) is 6.54 Å². The lowest BCUT2D eigenvalue weighted by Crippen LogP contribution is -2.43. The molecule has 0 aromatic rings. The van der Waals surface area contributed by atoms with Crippen LogP contribution in [0.2, 0.25) is 0 Å². The van der Waals surface area contributed by atoms with Crippen molar-refractivity contribution >= 4 is 5.97 Å². The highest BCUT2D eigenvalue weighted by Gasteiger charge is 2.23. The van der Waals surface area contributed by atoms with E-state index in [1.54, 1.807) is 0 Å². The van der Waals surface area contributed by atoms with Crippen LogP contribution in [-0.2, 0) is 14.7 Å². The number of carbonyl (C=O) groups is 1. The molecule has 0 rings (SSSR count). The Bertz CT molecular complexity index is 236. The third-order valence-corrected chi connectivity index (χ3v) is 1.39. The molecule has 0 unspecified atom stereocenters. The summed E-state index contributed by atoms with van der Waals surface area (Å²) in [6.07, 6.45) is -1.20. The van der Waals surface area contributed by atoms with Crippen LogP contribution in [0.15, 0.2) is 0 Å². The van der Waals surface area contributed by atoms with Crippen LogP contribution in [0.5, 0.6) is 0 Å². The van der Waals surface area contributed by atoms with Crippen molar-refractivity contribution in [3.63, 3.8) is 0 Å². The monoisotopic (exact) mass is 223 g/mol. The van der Waals surface area contributed by atoms with Gasteiger partial charge in [0.15, 0.2) is 6.10 Å². The smallest absolute Gasteiger partial charge is 0.322 e. The molecule has 88 valence electrons. The number of likely N-dealkylation sites (N-methyl/N-ethyl adjacent to an activating group) is 1. The van der Waals surface area contributed by atoms with Crippen molar-refractivity contribution < 1.29 is 29.3 Å². The van der Waals surface area contributed by atoms with E-state index in [2.05, 4.69) is 9.88 Å². The predicted octanol–water partition coefficient (Wildman–Crippen LogP) is -0.324. The van der Waals surface area contributed by atoms with E-state index in [1.165, 1.54) is 0 Å². The molecule has 0 aromatic heterocycles. The Morgan fingerprint density at radius 3 is 2.40 bits per heavy atom. The standard InChI is InChI=1S/C7H14N2O6/c1-9(2,3)5-6(4-7(10)11)14-15-8(12)13/h6H,4-5H2,1-3H3/p+1/t6-/m0/s1. The fraction of sp³-hybridized carbons (Fsp3) is 0.857. The lowest BCUT2D eigenvalue weighted by molar-refractivity contribution is -0.891. The number of hydrogen-bond acceptors (Lipinski definition) is 5. The van der Waals surface area contributed by atoms with Crippen LogP contribution in [-0.4, -0.2) is 54.4 Å². The number of hydrogen-bond donors (Lipinski definition) is 1. The Balaban J connectivity index is 4.18. The average Bonchev–Trinajstić information content (AvgIpc) is 1.95. The normalized spacial score (nSPS) is 13.3. The van der Waals surface area contributed by atoms with Gasteiger partial charge in [0.05, 0.1) is 27.6 Å². The SMILES string of the molecule is C[N+](C)(C)C[C@H](CC(=O)O)OO[N+](=O)[O-]. The fourth-order valence-electron chi connectivity index (χ4n) is 1.03. The second-order valence-corrected chi connectivity index (χ2v) is 4.09. The first-order chi connectivity index (χ1) is 6.70. The Hall–Kier alpha value is -1.41. The summed E-state index contributed by atoms with van der Waals surface area (Å²) in [5.41, 5.74) is 0. The molecule has 0 saturated heterocycles. The summed E-state index contributed by atoms with van der Waals surface area (Å²) in [4.78, 5) is 28.4. The number of carboxylic acid groups (broad SMARTS) is 1. The van der Waals surface area contributed by atoms with Crippen LogP contribution in [0.3, 0.4) is 0 Å². The van der Waals surface area contributed by atoms with Gasteiger partial charge in [0, 0.05) is 0 Å². The summed E-state index contributed by atoms with van der Waals surface area (Å²) in [5, 5.41) is 17.3. The maximum absolute atomic E-state index is 10.4. The van der Waals surface area contributed by atoms with E-state index >= 15 is 0 Å². The van der Waals surface area contributed by atoms with E-state index in [9.17, 15) is 14.9 Å². The van der Waals surface area contributed by atoms with Crippen molar-refractivity contribution in [3.8, 4) is 0 Å². The van der Waals surface area contributed by atoms with Crippen molar-refractivity contribution in [3.05, 3.63) is 10.1 Å². The highest BCUT2D eigenvalue weighted by atomic mass is 17.3. The lowest BCUT2D eigenvalue weighted by Gasteiger charge is -2.27. The number of carboxylic acids is 1. The molecule has 0 amide bonds. The molecular formula is C7H15N2O6+. The van der Waals surface area contributed by atoms with Gasteiger partial charge in [-0.2, -0.15) is 4.89 Å². The van der Waals surface area contributed by atoms with Gasteiger partial charge in [-0.15, -0.1) is 15.1 Å². The highest BCUT2D eigenvalue weighted by molar-refractivity contribution is 5.67. The minimum atomic E-state index is -1.12. The average molecular weight is 223 g/mol. The van der Waals surface area contributed by atoms with Crippen molar-refractivity contribution in [1.29, 1.82) is 0 Å². The molecule has 0 heterocycles. The molecule has 0 fully saturated rings. The van der Waals surface area contributed by atoms with Gasteiger partial charge in [-0.1, -0.05) is 0 Å². The van der Waals surface area contributed by atoms with Gasteiger partial charge in [0.2, 0.25) is 0 Å². The molecule has 0 saturated carbocycles. The number of aliphatic carboxylic acids is 1.